The number of benzene rings is 2. The Morgan fingerprint density at radius 1 is 0.925 bits per heavy atom. The standard InChI is InChI=1S/C24H18Cl3F9O3S/c1-12(10-40(38,39)11-22(28,29)30)6-20(37)15-4-2-13(7-17(15)24(34,35)36)3-5-16(23(31,32)33)14-8-18(25)21(27)19(26)9-14/h2-5,7-9,12,16H,6,10-11H2,1H3/b5-3+/t12-,16?/m0/s1. The van der Waals surface area contributed by atoms with Crippen molar-refractivity contribution in [2.45, 2.75) is 37.8 Å². The molecule has 0 saturated heterocycles. The van der Waals surface area contributed by atoms with Gasteiger partial charge in [-0.3, -0.25) is 4.79 Å². The quantitative estimate of drug-likeness (QED) is 0.153. The van der Waals surface area contributed by atoms with Gasteiger partial charge in [0.05, 0.1) is 32.3 Å². The van der Waals surface area contributed by atoms with Gasteiger partial charge in [-0.2, -0.15) is 39.5 Å². The van der Waals surface area contributed by atoms with E-state index in [1.54, 1.807) is 0 Å². The van der Waals surface area contributed by atoms with Crippen LogP contribution in [0.3, 0.4) is 0 Å². The zero-order valence-electron chi connectivity index (χ0n) is 20.0. The zero-order chi connectivity index (χ0) is 30.8. The predicted octanol–water partition coefficient (Wildman–Crippen LogP) is 9.21. The van der Waals surface area contributed by atoms with Crippen LogP contribution in [-0.4, -0.2) is 38.1 Å². The first-order chi connectivity index (χ1) is 18.0. The van der Waals surface area contributed by atoms with Gasteiger partial charge in [0.1, 0.15) is 5.75 Å². The van der Waals surface area contributed by atoms with Crippen molar-refractivity contribution < 1.29 is 52.7 Å². The Morgan fingerprint density at radius 3 is 1.95 bits per heavy atom. The second kappa shape index (κ2) is 12.5. The fraction of sp³-hybridized carbons (Fsp3) is 0.375. The van der Waals surface area contributed by atoms with Gasteiger partial charge < -0.3 is 0 Å². The van der Waals surface area contributed by atoms with Crippen molar-refractivity contribution in [2.75, 3.05) is 11.5 Å². The highest BCUT2D eigenvalue weighted by Gasteiger charge is 2.40. The van der Waals surface area contributed by atoms with Crippen molar-refractivity contribution >= 4 is 56.5 Å². The lowest BCUT2D eigenvalue weighted by Gasteiger charge is -2.19. The van der Waals surface area contributed by atoms with E-state index < -0.39 is 80.6 Å². The third-order valence-electron chi connectivity index (χ3n) is 5.30. The highest BCUT2D eigenvalue weighted by Crippen LogP contribution is 2.41. The van der Waals surface area contributed by atoms with Gasteiger partial charge in [0.15, 0.2) is 15.6 Å². The molecular formula is C24H18Cl3F9O3S. The van der Waals surface area contributed by atoms with E-state index in [1.165, 1.54) is 0 Å². The summed E-state index contributed by atoms with van der Waals surface area (Å²) in [6.45, 7) is 1.09. The summed E-state index contributed by atoms with van der Waals surface area (Å²) in [5.41, 5.74) is -3.26. The minimum atomic E-state index is -5.15. The Kier molecular flexibility index (Phi) is 10.7. The fourth-order valence-electron chi connectivity index (χ4n) is 3.74. The van der Waals surface area contributed by atoms with E-state index in [0.29, 0.717) is 18.2 Å². The average molecular weight is 664 g/mol. The van der Waals surface area contributed by atoms with E-state index in [-0.39, 0.29) is 20.6 Å². The number of rotatable bonds is 9. The summed E-state index contributed by atoms with van der Waals surface area (Å²) in [4.78, 5) is 12.6. The Balaban J connectivity index is 2.39. The summed E-state index contributed by atoms with van der Waals surface area (Å²) in [6, 6.07) is 3.85. The number of sulfone groups is 1. The van der Waals surface area contributed by atoms with Crippen molar-refractivity contribution in [3.05, 3.63) is 73.7 Å². The zero-order valence-corrected chi connectivity index (χ0v) is 23.1. The molecule has 222 valence electrons. The second-order valence-corrected chi connectivity index (χ2v) is 12.2. The Hall–Kier alpha value is -1.96. The van der Waals surface area contributed by atoms with Crippen LogP contribution >= 0.6 is 34.8 Å². The van der Waals surface area contributed by atoms with Crippen LogP contribution in [0.1, 0.15) is 46.3 Å². The smallest absolute Gasteiger partial charge is 0.294 e. The molecule has 0 spiro atoms. The van der Waals surface area contributed by atoms with Gasteiger partial charge in [0.2, 0.25) is 0 Å². The third-order valence-corrected chi connectivity index (χ3v) is 8.35. The minimum Gasteiger partial charge on any atom is -0.294 e. The third kappa shape index (κ3) is 9.85. The molecule has 3 nitrogen and oxygen atoms in total. The maximum Gasteiger partial charge on any atom is 0.417 e. The monoisotopic (exact) mass is 662 g/mol. The number of ketones is 1. The molecule has 2 atom stereocenters. The molecule has 0 amide bonds. The molecule has 40 heavy (non-hydrogen) atoms. The van der Waals surface area contributed by atoms with Gasteiger partial charge in [-0.15, -0.1) is 0 Å². The summed E-state index contributed by atoms with van der Waals surface area (Å²) < 4.78 is 143. The first-order valence-electron chi connectivity index (χ1n) is 10.9. The highest BCUT2D eigenvalue weighted by molar-refractivity contribution is 7.91. The van der Waals surface area contributed by atoms with Crippen LogP contribution in [0.2, 0.25) is 15.1 Å². The van der Waals surface area contributed by atoms with Gasteiger partial charge in [0, 0.05) is 12.0 Å². The van der Waals surface area contributed by atoms with Crippen LogP contribution in [-0.2, 0) is 16.0 Å². The minimum absolute atomic E-state index is 0.195. The van der Waals surface area contributed by atoms with Crippen molar-refractivity contribution in [1.29, 1.82) is 0 Å². The Morgan fingerprint density at radius 2 is 1.48 bits per heavy atom. The van der Waals surface area contributed by atoms with E-state index in [9.17, 15) is 52.7 Å². The van der Waals surface area contributed by atoms with Gasteiger partial charge in [-0.25, -0.2) is 8.42 Å². The number of carbonyl (C=O) groups excluding carboxylic acids is 1. The van der Waals surface area contributed by atoms with Gasteiger partial charge in [0.25, 0.3) is 0 Å². The Labute approximate surface area is 237 Å². The lowest BCUT2D eigenvalue weighted by molar-refractivity contribution is -0.139. The van der Waals surface area contributed by atoms with Crippen molar-refractivity contribution in [3.63, 3.8) is 0 Å². The molecule has 0 N–H and O–H groups in total. The number of alkyl halides is 9. The second-order valence-electron chi connectivity index (χ2n) is 8.88. The van der Waals surface area contributed by atoms with E-state index in [2.05, 4.69) is 0 Å². The highest BCUT2D eigenvalue weighted by atomic mass is 35.5. The molecule has 0 aliphatic carbocycles. The van der Waals surface area contributed by atoms with Crippen LogP contribution < -0.4 is 0 Å². The molecule has 2 aromatic carbocycles. The molecular weight excluding hydrogens is 646 g/mol. The molecule has 2 aromatic rings. The van der Waals surface area contributed by atoms with E-state index in [0.717, 1.165) is 31.2 Å². The molecule has 0 aliphatic rings. The summed E-state index contributed by atoms with van der Waals surface area (Å²) in [6.07, 6.45) is -14.6. The molecule has 0 saturated carbocycles. The van der Waals surface area contributed by atoms with Crippen molar-refractivity contribution in [1.82, 2.24) is 0 Å². The number of carbonyl (C=O) groups is 1. The molecule has 0 fully saturated rings. The maximum absolute atomic E-state index is 13.7. The number of hydrogen-bond donors (Lipinski definition) is 0. The molecule has 0 radical (unpaired) electrons. The molecule has 0 bridgehead atoms. The lowest BCUT2D eigenvalue weighted by Crippen LogP contribution is -2.28. The van der Waals surface area contributed by atoms with E-state index in [1.807, 2.05) is 0 Å². The van der Waals surface area contributed by atoms with Crippen LogP contribution in [0.15, 0.2) is 36.4 Å². The van der Waals surface area contributed by atoms with Crippen molar-refractivity contribution in [2.24, 2.45) is 5.92 Å². The largest absolute Gasteiger partial charge is 0.417 e. The summed E-state index contributed by atoms with van der Waals surface area (Å²) in [7, 11) is -4.69. The van der Waals surface area contributed by atoms with Gasteiger partial charge >= 0.3 is 18.5 Å². The molecule has 0 aliphatic heterocycles. The first-order valence-corrected chi connectivity index (χ1v) is 13.9. The summed E-state index contributed by atoms with van der Waals surface area (Å²) in [5, 5.41) is -0.761. The molecule has 2 rings (SSSR count). The number of allylic oxidation sites excluding steroid dienone is 1. The van der Waals surface area contributed by atoms with Crippen molar-refractivity contribution in [3.8, 4) is 0 Å². The topological polar surface area (TPSA) is 51.2 Å². The van der Waals surface area contributed by atoms with Crippen LogP contribution in [0, 0.1) is 5.92 Å². The molecule has 1 unspecified atom stereocenters. The summed E-state index contributed by atoms with van der Waals surface area (Å²) >= 11 is 17.4. The Bertz CT molecular complexity index is 1360. The molecule has 16 heteroatoms. The van der Waals surface area contributed by atoms with Gasteiger partial charge in [-0.1, -0.05) is 66.0 Å². The molecule has 0 aromatic heterocycles. The number of hydrogen-bond acceptors (Lipinski definition) is 3. The number of halogens is 12. The lowest BCUT2D eigenvalue weighted by atomic mass is 9.93. The van der Waals surface area contributed by atoms with Crippen LogP contribution in [0.25, 0.3) is 6.08 Å². The summed E-state index contributed by atoms with van der Waals surface area (Å²) in [5.74, 6) is -8.07. The predicted molar refractivity (Wildman–Crippen MR) is 134 cm³/mol. The van der Waals surface area contributed by atoms with E-state index in [4.69, 9.17) is 34.8 Å². The average Bonchev–Trinajstić information content (AvgIpc) is 2.73. The fourth-order valence-corrected chi connectivity index (χ4v) is 5.96. The maximum atomic E-state index is 13.7. The van der Waals surface area contributed by atoms with Crippen LogP contribution in [0.5, 0.6) is 0 Å². The first kappa shape index (κ1) is 34.2. The SMILES string of the molecule is C[C@@H](CC(=O)c1ccc(/C=C/C(c2cc(Cl)c(Cl)c(Cl)c2)C(F)(F)F)cc1C(F)(F)F)CS(=O)(=O)CC(F)(F)F. The normalized spacial score (nSPS) is 14.9. The van der Waals surface area contributed by atoms with Crippen LogP contribution in [0.4, 0.5) is 39.5 Å². The van der Waals surface area contributed by atoms with Gasteiger partial charge in [-0.05, 0) is 35.2 Å². The van der Waals surface area contributed by atoms with E-state index >= 15 is 0 Å². The number of Topliss-reactive ketones (excluding diaryl/α,β-unsaturated/α-hetero) is 1. The molecule has 0 heterocycles.